The van der Waals surface area contributed by atoms with Crippen molar-refractivity contribution in [3.63, 3.8) is 0 Å². The van der Waals surface area contributed by atoms with Gasteiger partial charge in [0.1, 0.15) is 4.86 Å². The first-order valence-corrected chi connectivity index (χ1v) is 1.66. The Bertz CT molecular complexity index is 76.8. The van der Waals surface area contributed by atoms with Gasteiger partial charge >= 0.3 is 0 Å². The number of thiocarbonyl (C=S) groups is 1. The summed E-state index contributed by atoms with van der Waals surface area (Å²) >= 11 is 4.12. The maximum absolute atomic E-state index is 9.36. The van der Waals surface area contributed by atoms with E-state index in [1.54, 1.807) is 0 Å². The monoisotopic (exact) mass is 102 g/mol. The summed E-state index contributed by atoms with van der Waals surface area (Å²) in [7, 11) is 0. The SMILES string of the molecule is O=CC(=S)C=O. The van der Waals surface area contributed by atoms with E-state index in [9.17, 15) is 9.59 Å². The van der Waals surface area contributed by atoms with Gasteiger partial charge in [-0.05, 0) is 0 Å². The van der Waals surface area contributed by atoms with E-state index in [0.29, 0.717) is 12.6 Å². The highest BCUT2D eigenvalue weighted by Gasteiger charge is 1.81. The molecule has 0 heterocycles. The molecule has 0 atom stereocenters. The summed E-state index contributed by atoms with van der Waals surface area (Å²) in [6, 6.07) is 0. The number of carbonyl (C=O) groups is 2. The second-order valence-electron chi connectivity index (χ2n) is 0.638. The average Bonchev–Trinajstić information content (AvgIpc) is 1.65. The molecule has 0 aliphatic rings. The molecule has 0 spiro atoms. The zero-order valence-electron chi connectivity index (χ0n) is 2.88. The minimum atomic E-state index is -0.185. The van der Waals surface area contributed by atoms with Crippen LogP contribution in [0, 0.1) is 0 Å². The largest absolute Gasteiger partial charge is 0.297 e. The highest BCUT2D eigenvalue weighted by Crippen LogP contribution is 1.56. The van der Waals surface area contributed by atoms with Crippen molar-refractivity contribution in [2.75, 3.05) is 0 Å². The van der Waals surface area contributed by atoms with Crippen LogP contribution in [0.2, 0.25) is 0 Å². The summed E-state index contributed by atoms with van der Waals surface area (Å²) in [6.45, 7) is 0. The maximum atomic E-state index is 9.36. The standard InChI is InChI=1S/C3H2O2S/c4-1-3(6)2-5/h1-2H. The molecule has 0 aromatic rings. The second-order valence-corrected chi connectivity index (χ2v) is 1.11. The number of aldehydes is 2. The van der Waals surface area contributed by atoms with Gasteiger partial charge in [0.15, 0.2) is 12.6 Å². The molecule has 0 amide bonds. The van der Waals surface area contributed by atoms with Crippen LogP contribution < -0.4 is 0 Å². The van der Waals surface area contributed by atoms with Crippen LogP contribution in [0.5, 0.6) is 0 Å². The lowest BCUT2D eigenvalue weighted by Gasteiger charge is -1.62. The Morgan fingerprint density at radius 3 is 1.67 bits per heavy atom. The van der Waals surface area contributed by atoms with Gasteiger partial charge in [-0.2, -0.15) is 0 Å². The molecule has 0 radical (unpaired) electrons. The van der Waals surface area contributed by atoms with Crippen molar-refractivity contribution in [1.82, 2.24) is 0 Å². The third-order valence-corrected chi connectivity index (χ3v) is 0.425. The van der Waals surface area contributed by atoms with E-state index in [1.807, 2.05) is 0 Å². The first kappa shape index (κ1) is 5.43. The van der Waals surface area contributed by atoms with Crippen LogP contribution in [0.3, 0.4) is 0 Å². The lowest BCUT2D eigenvalue weighted by atomic mass is 10.5. The van der Waals surface area contributed by atoms with Gasteiger partial charge in [0.25, 0.3) is 0 Å². The van der Waals surface area contributed by atoms with Gasteiger partial charge in [0.05, 0.1) is 0 Å². The topological polar surface area (TPSA) is 34.1 Å². The number of rotatable bonds is 2. The third-order valence-electron chi connectivity index (χ3n) is 0.232. The summed E-state index contributed by atoms with van der Waals surface area (Å²) in [5, 5.41) is 0. The summed E-state index contributed by atoms with van der Waals surface area (Å²) in [5.74, 6) is 0. The van der Waals surface area contributed by atoms with E-state index in [0.717, 1.165) is 0 Å². The number of hydrogen-bond acceptors (Lipinski definition) is 3. The number of hydrogen-bond donors (Lipinski definition) is 0. The molecule has 0 rings (SSSR count). The Morgan fingerprint density at radius 2 is 1.67 bits per heavy atom. The van der Waals surface area contributed by atoms with Crippen LogP contribution in [0.25, 0.3) is 0 Å². The summed E-state index contributed by atoms with van der Waals surface area (Å²) < 4.78 is 0. The van der Waals surface area contributed by atoms with Crippen molar-refractivity contribution >= 4 is 29.7 Å². The molecule has 6 heavy (non-hydrogen) atoms. The van der Waals surface area contributed by atoms with E-state index >= 15 is 0 Å². The minimum Gasteiger partial charge on any atom is -0.297 e. The molecule has 0 bridgehead atoms. The van der Waals surface area contributed by atoms with Crippen LogP contribution in [0.4, 0.5) is 0 Å². The van der Waals surface area contributed by atoms with Crippen LogP contribution in [-0.4, -0.2) is 17.4 Å². The molecule has 0 fully saturated rings. The molecule has 0 aromatic heterocycles. The molecule has 0 aliphatic carbocycles. The van der Waals surface area contributed by atoms with E-state index in [2.05, 4.69) is 12.2 Å². The average molecular weight is 102 g/mol. The molecule has 0 saturated carbocycles. The van der Waals surface area contributed by atoms with Gasteiger partial charge in [-0.15, -0.1) is 0 Å². The predicted octanol–water partition coefficient (Wildman–Crippen LogP) is -0.246. The van der Waals surface area contributed by atoms with Crippen molar-refractivity contribution in [2.45, 2.75) is 0 Å². The van der Waals surface area contributed by atoms with Crippen LogP contribution in [0.15, 0.2) is 0 Å². The Morgan fingerprint density at radius 1 is 1.33 bits per heavy atom. The summed E-state index contributed by atoms with van der Waals surface area (Å²) in [6.07, 6.45) is 0.671. The van der Waals surface area contributed by atoms with Crippen LogP contribution in [0.1, 0.15) is 0 Å². The van der Waals surface area contributed by atoms with E-state index in [4.69, 9.17) is 0 Å². The van der Waals surface area contributed by atoms with Crippen molar-refractivity contribution < 1.29 is 9.59 Å². The van der Waals surface area contributed by atoms with Crippen molar-refractivity contribution in [2.24, 2.45) is 0 Å². The zero-order chi connectivity index (χ0) is 4.99. The van der Waals surface area contributed by atoms with Crippen molar-refractivity contribution in [3.8, 4) is 0 Å². The van der Waals surface area contributed by atoms with Crippen molar-refractivity contribution in [3.05, 3.63) is 0 Å². The Kier molecular flexibility index (Phi) is 2.40. The Balaban J connectivity index is 3.52. The maximum Gasteiger partial charge on any atom is 0.164 e. The smallest absolute Gasteiger partial charge is 0.164 e. The highest BCUT2D eigenvalue weighted by molar-refractivity contribution is 7.83. The lowest BCUT2D eigenvalue weighted by Crippen LogP contribution is -1.93. The molecule has 0 N–H and O–H groups in total. The van der Waals surface area contributed by atoms with E-state index < -0.39 is 0 Å². The second kappa shape index (κ2) is 2.66. The summed E-state index contributed by atoms with van der Waals surface area (Å²) in [4.78, 5) is 18.5. The molecule has 32 valence electrons. The first-order valence-electron chi connectivity index (χ1n) is 1.25. The fraction of sp³-hybridized carbons (Fsp3) is 0. The normalized spacial score (nSPS) is 6.67. The Hall–Kier alpha value is -0.570. The molecule has 0 aliphatic heterocycles. The van der Waals surface area contributed by atoms with Crippen LogP contribution >= 0.6 is 12.2 Å². The van der Waals surface area contributed by atoms with Gasteiger partial charge in [-0.3, -0.25) is 9.59 Å². The van der Waals surface area contributed by atoms with Crippen molar-refractivity contribution in [1.29, 1.82) is 0 Å². The number of carbonyl (C=O) groups excluding carboxylic acids is 2. The summed E-state index contributed by atoms with van der Waals surface area (Å²) in [5.41, 5.74) is 0. The Labute approximate surface area is 40.2 Å². The molecular formula is C3H2O2S. The molecule has 0 saturated heterocycles. The molecule has 0 unspecified atom stereocenters. The first-order chi connectivity index (χ1) is 2.81. The lowest BCUT2D eigenvalue weighted by molar-refractivity contribution is -0.105. The van der Waals surface area contributed by atoms with Gasteiger partial charge in [-0.25, -0.2) is 0 Å². The molecule has 3 heteroatoms. The molecule has 2 nitrogen and oxygen atoms in total. The van der Waals surface area contributed by atoms with E-state index in [-0.39, 0.29) is 4.86 Å². The van der Waals surface area contributed by atoms with Gasteiger partial charge in [0.2, 0.25) is 0 Å². The predicted molar refractivity (Wildman–Crippen MR) is 24.7 cm³/mol. The van der Waals surface area contributed by atoms with E-state index in [1.165, 1.54) is 0 Å². The third kappa shape index (κ3) is 1.72. The molecule has 0 aromatic carbocycles. The highest BCUT2D eigenvalue weighted by atomic mass is 32.1. The van der Waals surface area contributed by atoms with Gasteiger partial charge in [0, 0.05) is 0 Å². The minimum absolute atomic E-state index is 0.185. The zero-order valence-corrected chi connectivity index (χ0v) is 3.70. The quantitative estimate of drug-likeness (QED) is 0.274. The van der Waals surface area contributed by atoms with Gasteiger partial charge < -0.3 is 0 Å². The molecular weight excluding hydrogens is 100 g/mol. The fourth-order valence-electron chi connectivity index (χ4n) is 0.0278. The van der Waals surface area contributed by atoms with Gasteiger partial charge in [-0.1, -0.05) is 12.2 Å². The van der Waals surface area contributed by atoms with Crippen LogP contribution in [-0.2, 0) is 9.59 Å². The fourth-order valence-corrected chi connectivity index (χ4v) is 0.0278.